The molecule has 28 heavy (non-hydrogen) atoms. The molecule has 1 aliphatic rings. The van der Waals surface area contributed by atoms with Gasteiger partial charge in [-0.3, -0.25) is 9.89 Å². The highest BCUT2D eigenvalue weighted by molar-refractivity contribution is 6.42. The highest BCUT2D eigenvalue weighted by Gasteiger charge is 2.42. The van der Waals surface area contributed by atoms with Crippen LogP contribution >= 0.6 is 23.2 Å². The van der Waals surface area contributed by atoms with Crippen LogP contribution in [0, 0.1) is 0 Å². The van der Waals surface area contributed by atoms with Crippen LogP contribution in [0.4, 0.5) is 0 Å². The largest absolute Gasteiger partial charge is 0.507 e. The van der Waals surface area contributed by atoms with Gasteiger partial charge in [-0.15, -0.1) is 0 Å². The molecule has 0 fully saturated rings. The van der Waals surface area contributed by atoms with Gasteiger partial charge in [-0.2, -0.15) is 5.10 Å². The number of aromatic amines is 1. The lowest BCUT2D eigenvalue weighted by Crippen LogP contribution is -2.30. The summed E-state index contributed by atoms with van der Waals surface area (Å²) in [7, 11) is 0. The maximum Gasteiger partial charge on any atom is 0.273 e. The van der Waals surface area contributed by atoms with Crippen molar-refractivity contribution in [3.63, 3.8) is 0 Å². The Hall–Kier alpha value is -2.50. The van der Waals surface area contributed by atoms with E-state index in [1.807, 2.05) is 17.0 Å². The Balaban J connectivity index is 1.90. The highest BCUT2D eigenvalue weighted by atomic mass is 35.5. The van der Waals surface area contributed by atoms with E-state index in [2.05, 4.69) is 17.1 Å². The number of aromatic hydroxyl groups is 1. The molecule has 2 heterocycles. The Bertz CT molecular complexity index is 1050. The molecule has 0 saturated heterocycles. The zero-order valence-corrected chi connectivity index (χ0v) is 16.8. The Morgan fingerprint density at radius 1 is 1.18 bits per heavy atom. The van der Waals surface area contributed by atoms with Crippen molar-refractivity contribution in [1.82, 2.24) is 15.1 Å². The third kappa shape index (κ3) is 3.05. The van der Waals surface area contributed by atoms with Gasteiger partial charge in [0.05, 0.1) is 16.1 Å². The van der Waals surface area contributed by atoms with E-state index in [-0.39, 0.29) is 17.7 Å². The summed E-state index contributed by atoms with van der Waals surface area (Å²) in [5.74, 6) is 0.0119. The van der Waals surface area contributed by atoms with Crippen LogP contribution in [-0.2, 0) is 0 Å². The van der Waals surface area contributed by atoms with E-state index in [9.17, 15) is 9.90 Å². The first-order valence-electron chi connectivity index (χ1n) is 9.15. The normalized spacial score (nSPS) is 15.9. The van der Waals surface area contributed by atoms with Crippen LogP contribution < -0.4 is 0 Å². The lowest BCUT2D eigenvalue weighted by atomic mass is 9.95. The van der Waals surface area contributed by atoms with Gasteiger partial charge in [-0.05, 0) is 36.2 Å². The van der Waals surface area contributed by atoms with Crippen molar-refractivity contribution < 1.29 is 9.90 Å². The molecular weight excluding hydrogens is 397 g/mol. The van der Waals surface area contributed by atoms with E-state index < -0.39 is 0 Å². The highest BCUT2D eigenvalue weighted by Crippen LogP contribution is 2.45. The number of nitrogens with zero attached hydrogens (tertiary/aromatic N) is 2. The molecule has 1 aliphatic heterocycles. The molecule has 0 saturated carbocycles. The van der Waals surface area contributed by atoms with Crippen LogP contribution in [0.3, 0.4) is 0 Å². The first-order chi connectivity index (χ1) is 13.5. The number of benzene rings is 2. The van der Waals surface area contributed by atoms with Crippen molar-refractivity contribution >= 4 is 29.1 Å². The summed E-state index contributed by atoms with van der Waals surface area (Å²) in [4.78, 5) is 14.9. The summed E-state index contributed by atoms with van der Waals surface area (Å²) >= 11 is 12.4. The average molecular weight is 416 g/mol. The molecule has 0 bridgehead atoms. The van der Waals surface area contributed by atoms with Gasteiger partial charge in [0, 0.05) is 17.7 Å². The van der Waals surface area contributed by atoms with Gasteiger partial charge in [-0.25, -0.2) is 0 Å². The molecule has 1 amide bonds. The molecular formula is C21H19Cl2N3O2. The fraction of sp³-hybridized carbons (Fsp3) is 0.238. The quantitative estimate of drug-likeness (QED) is 0.583. The van der Waals surface area contributed by atoms with E-state index in [1.165, 1.54) is 0 Å². The van der Waals surface area contributed by atoms with Gasteiger partial charge in [0.25, 0.3) is 5.91 Å². The second-order valence-electron chi connectivity index (χ2n) is 6.81. The minimum Gasteiger partial charge on any atom is -0.507 e. The van der Waals surface area contributed by atoms with E-state index in [4.69, 9.17) is 23.2 Å². The molecule has 2 N–H and O–H groups in total. The number of halogens is 2. The Morgan fingerprint density at radius 3 is 2.68 bits per heavy atom. The summed E-state index contributed by atoms with van der Waals surface area (Å²) in [6, 6.07) is 12.0. The molecule has 4 rings (SSSR count). The molecule has 1 atom stereocenters. The van der Waals surface area contributed by atoms with Crippen molar-refractivity contribution in [3.05, 3.63) is 69.3 Å². The van der Waals surface area contributed by atoms with Crippen molar-refractivity contribution in [2.75, 3.05) is 6.54 Å². The Morgan fingerprint density at radius 2 is 1.96 bits per heavy atom. The molecule has 2 aromatic carbocycles. The van der Waals surface area contributed by atoms with Gasteiger partial charge >= 0.3 is 0 Å². The van der Waals surface area contributed by atoms with Gasteiger partial charge in [-0.1, -0.05) is 54.7 Å². The van der Waals surface area contributed by atoms with E-state index >= 15 is 0 Å². The number of nitrogens with one attached hydrogen (secondary N) is 1. The summed E-state index contributed by atoms with van der Waals surface area (Å²) in [6.07, 6.45) is 1.85. The van der Waals surface area contributed by atoms with Gasteiger partial charge < -0.3 is 10.0 Å². The van der Waals surface area contributed by atoms with Gasteiger partial charge in [0.1, 0.15) is 17.1 Å². The number of amides is 1. The number of unbranched alkanes of at least 4 members (excludes halogenated alkanes) is 1. The first-order valence-corrected chi connectivity index (χ1v) is 9.91. The zero-order chi connectivity index (χ0) is 19.8. The smallest absolute Gasteiger partial charge is 0.273 e. The third-order valence-electron chi connectivity index (χ3n) is 5.03. The maximum atomic E-state index is 13.1. The molecule has 0 aliphatic carbocycles. The molecule has 0 radical (unpaired) electrons. The zero-order valence-electron chi connectivity index (χ0n) is 15.2. The number of phenolic OH excluding ortho intramolecular Hbond substituents is 1. The molecule has 144 valence electrons. The van der Waals surface area contributed by atoms with Crippen LogP contribution in [0.25, 0.3) is 11.3 Å². The number of carbonyl (C=O) groups is 1. The summed E-state index contributed by atoms with van der Waals surface area (Å²) in [6.45, 7) is 2.70. The number of aromatic nitrogens is 2. The average Bonchev–Trinajstić information content (AvgIpc) is 3.22. The van der Waals surface area contributed by atoms with Crippen molar-refractivity contribution in [2.24, 2.45) is 0 Å². The number of H-pyrrole nitrogens is 1. The SMILES string of the molecule is CCCCN1C(=O)c2[nH]nc(-c3ccccc3O)c2[C@H]1c1ccc(Cl)c(Cl)c1. The molecule has 5 nitrogen and oxygen atoms in total. The summed E-state index contributed by atoms with van der Waals surface area (Å²) in [5, 5.41) is 18.5. The molecule has 7 heteroatoms. The Labute approximate surface area is 172 Å². The summed E-state index contributed by atoms with van der Waals surface area (Å²) < 4.78 is 0. The fourth-order valence-electron chi connectivity index (χ4n) is 3.66. The van der Waals surface area contributed by atoms with Crippen LogP contribution in [0.5, 0.6) is 5.75 Å². The third-order valence-corrected chi connectivity index (χ3v) is 5.77. The van der Waals surface area contributed by atoms with Crippen molar-refractivity contribution in [1.29, 1.82) is 0 Å². The van der Waals surface area contributed by atoms with Crippen molar-refractivity contribution in [2.45, 2.75) is 25.8 Å². The van der Waals surface area contributed by atoms with E-state index in [0.717, 1.165) is 24.0 Å². The van der Waals surface area contributed by atoms with Gasteiger partial charge in [0.2, 0.25) is 0 Å². The topological polar surface area (TPSA) is 69.2 Å². The van der Waals surface area contributed by atoms with Crippen LogP contribution in [0.1, 0.15) is 47.4 Å². The van der Waals surface area contributed by atoms with Crippen LogP contribution in [0.2, 0.25) is 10.0 Å². The van der Waals surface area contributed by atoms with E-state index in [1.54, 1.807) is 30.3 Å². The molecule has 1 aromatic heterocycles. The molecule has 0 spiro atoms. The second-order valence-corrected chi connectivity index (χ2v) is 7.62. The predicted molar refractivity (Wildman–Crippen MR) is 110 cm³/mol. The lowest BCUT2D eigenvalue weighted by molar-refractivity contribution is 0.0741. The lowest BCUT2D eigenvalue weighted by Gasteiger charge is -2.26. The van der Waals surface area contributed by atoms with Crippen LogP contribution in [0.15, 0.2) is 42.5 Å². The number of para-hydroxylation sites is 1. The second kappa shape index (κ2) is 7.49. The monoisotopic (exact) mass is 415 g/mol. The Kier molecular flexibility index (Phi) is 5.04. The fourth-order valence-corrected chi connectivity index (χ4v) is 3.97. The molecule has 3 aromatic rings. The number of phenols is 1. The van der Waals surface area contributed by atoms with E-state index in [0.29, 0.717) is 33.5 Å². The summed E-state index contributed by atoms with van der Waals surface area (Å²) in [5.41, 5.74) is 3.20. The number of fused-ring (bicyclic) bond motifs is 1. The minimum absolute atomic E-state index is 0.103. The standard InChI is InChI=1S/C21H19Cl2N3O2/c1-2-3-10-26-20(12-8-9-14(22)15(23)11-12)17-18(24-25-19(17)21(26)28)13-6-4-5-7-16(13)27/h4-9,11,20,27H,2-3,10H2,1H3,(H,24,25)/t20-/m1/s1. The minimum atomic E-state index is -0.350. The van der Waals surface area contributed by atoms with Crippen LogP contribution in [-0.4, -0.2) is 32.7 Å². The molecule has 0 unspecified atom stereocenters. The number of hydrogen-bond donors (Lipinski definition) is 2. The maximum absolute atomic E-state index is 13.1. The number of carbonyl (C=O) groups excluding carboxylic acids is 1. The first kappa shape index (κ1) is 18.8. The number of hydrogen-bond acceptors (Lipinski definition) is 3. The number of rotatable bonds is 5. The van der Waals surface area contributed by atoms with Gasteiger partial charge in [0.15, 0.2) is 0 Å². The van der Waals surface area contributed by atoms with Crippen molar-refractivity contribution in [3.8, 4) is 17.0 Å². The predicted octanol–water partition coefficient (Wildman–Crippen LogP) is 5.43.